The zero-order valence-electron chi connectivity index (χ0n) is 22.8. The van der Waals surface area contributed by atoms with E-state index in [2.05, 4.69) is 28.7 Å². The average molecular weight is 534 g/mol. The second kappa shape index (κ2) is 14.9. The molecule has 1 aromatic carbocycles. The first-order valence-corrected chi connectivity index (χ1v) is 14.0. The monoisotopic (exact) mass is 533 g/mol. The number of nitrogens with zero attached hydrogens (tertiary/aromatic N) is 2. The molecule has 3 heterocycles. The topological polar surface area (TPSA) is 72.5 Å². The minimum atomic E-state index is -0.193. The smallest absolute Gasteiger partial charge is 0.243 e. The van der Waals surface area contributed by atoms with Crippen LogP contribution in [-0.2, 0) is 31.8 Å². The molecule has 0 spiro atoms. The van der Waals surface area contributed by atoms with E-state index in [1.165, 1.54) is 18.9 Å². The van der Waals surface area contributed by atoms with Crippen LogP contribution in [0.3, 0.4) is 0 Å². The minimum absolute atomic E-state index is 0.0706. The number of piperidine rings is 2. The standard InChI is InChI=1S/C29H44FN3O5/c1-3-29(34)31-8-12-35-14-16-37-17-15-36-13-10-33-9-6-23-18-22(20-32(2)27(23)21-33)19-25-24-7-11-38-28(24)5-4-26(25)30/h3-5,22-23,27H,1,6-21H2,2H3,(H,31,34)/t22-,23-,27+/m1/s1. The van der Waals surface area contributed by atoms with E-state index >= 15 is 0 Å². The van der Waals surface area contributed by atoms with Crippen molar-refractivity contribution in [2.24, 2.45) is 11.8 Å². The Kier molecular flexibility index (Phi) is 11.4. The normalized spacial score (nSPS) is 23.5. The number of hydrogen-bond acceptors (Lipinski definition) is 7. The van der Waals surface area contributed by atoms with E-state index in [-0.39, 0.29) is 11.7 Å². The lowest BCUT2D eigenvalue weighted by molar-refractivity contribution is -0.116. The lowest BCUT2D eigenvalue weighted by atomic mass is 9.76. The summed E-state index contributed by atoms with van der Waals surface area (Å²) in [4.78, 5) is 16.0. The molecule has 0 unspecified atom stereocenters. The summed E-state index contributed by atoms with van der Waals surface area (Å²) in [7, 11) is 2.23. The Labute approximate surface area is 226 Å². The van der Waals surface area contributed by atoms with Gasteiger partial charge in [-0.05, 0) is 68.5 Å². The fourth-order valence-electron chi connectivity index (χ4n) is 6.09. The first-order valence-electron chi connectivity index (χ1n) is 14.0. The van der Waals surface area contributed by atoms with E-state index in [9.17, 15) is 9.18 Å². The minimum Gasteiger partial charge on any atom is -0.493 e. The average Bonchev–Trinajstić information content (AvgIpc) is 3.40. The molecule has 3 aliphatic heterocycles. The van der Waals surface area contributed by atoms with Gasteiger partial charge in [0.05, 0.1) is 46.2 Å². The Morgan fingerprint density at radius 1 is 1.16 bits per heavy atom. The van der Waals surface area contributed by atoms with Crippen molar-refractivity contribution in [3.8, 4) is 5.75 Å². The Balaban J connectivity index is 1.06. The van der Waals surface area contributed by atoms with Crippen molar-refractivity contribution in [2.45, 2.75) is 31.7 Å². The molecule has 8 nitrogen and oxygen atoms in total. The van der Waals surface area contributed by atoms with Crippen LogP contribution in [-0.4, -0.2) is 108 Å². The summed E-state index contributed by atoms with van der Waals surface area (Å²) >= 11 is 0. The summed E-state index contributed by atoms with van der Waals surface area (Å²) in [5, 5.41) is 2.66. The highest BCUT2D eigenvalue weighted by Crippen LogP contribution is 2.37. The molecule has 0 aromatic heterocycles. The number of amides is 1. The fraction of sp³-hybridized carbons (Fsp3) is 0.690. The van der Waals surface area contributed by atoms with Crippen LogP contribution in [0.5, 0.6) is 5.75 Å². The number of rotatable bonds is 15. The zero-order valence-corrected chi connectivity index (χ0v) is 22.8. The number of benzene rings is 1. The molecule has 1 aromatic rings. The van der Waals surface area contributed by atoms with Gasteiger partial charge in [-0.1, -0.05) is 6.58 Å². The molecule has 0 radical (unpaired) electrons. The maximum Gasteiger partial charge on any atom is 0.243 e. The summed E-state index contributed by atoms with van der Waals surface area (Å²) in [6.45, 7) is 11.9. The lowest BCUT2D eigenvalue weighted by Crippen LogP contribution is -2.56. The number of hydrogen-bond donors (Lipinski definition) is 1. The third-order valence-electron chi connectivity index (χ3n) is 8.01. The molecule has 38 heavy (non-hydrogen) atoms. The molecule has 3 atom stereocenters. The van der Waals surface area contributed by atoms with E-state index in [1.54, 1.807) is 12.1 Å². The Hall–Kier alpha value is -2.04. The molecular formula is C29H44FN3O5. The highest BCUT2D eigenvalue weighted by Gasteiger charge is 2.38. The number of halogens is 1. The molecule has 1 amide bonds. The number of likely N-dealkylation sites (tertiary alicyclic amines) is 2. The largest absolute Gasteiger partial charge is 0.493 e. The van der Waals surface area contributed by atoms with Crippen molar-refractivity contribution in [1.29, 1.82) is 0 Å². The van der Waals surface area contributed by atoms with E-state index in [4.69, 9.17) is 18.9 Å². The summed E-state index contributed by atoms with van der Waals surface area (Å²) < 4.78 is 37.1. The van der Waals surface area contributed by atoms with Crippen molar-refractivity contribution in [1.82, 2.24) is 15.1 Å². The second-order valence-corrected chi connectivity index (χ2v) is 10.6. The van der Waals surface area contributed by atoms with Crippen molar-refractivity contribution >= 4 is 5.91 Å². The number of carbonyl (C=O) groups excluding carboxylic acids is 1. The molecule has 212 valence electrons. The first kappa shape index (κ1) is 29.0. The van der Waals surface area contributed by atoms with Gasteiger partial charge in [-0.3, -0.25) is 9.69 Å². The van der Waals surface area contributed by atoms with Crippen LogP contribution >= 0.6 is 0 Å². The van der Waals surface area contributed by atoms with Gasteiger partial charge in [0, 0.05) is 44.2 Å². The van der Waals surface area contributed by atoms with Gasteiger partial charge in [0.15, 0.2) is 0 Å². The molecule has 0 saturated carbocycles. The van der Waals surface area contributed by atoms with Gasteiger partial charge >= 0.3 is 0 Å². The van der Waals surface area contributed by atoms with Crippen molar-refractivity contribution in [2.75, 3.05) is 86.0 Å². The second-order valence-electron chi connectivity index (χ2n) is 10.6. The van der Waals surface area contributed by atoms with E-state index in [0.717, 1.165) is 55.9 Å². The van der Waals surface area contributed by atoms with E-state index < -0.39 is 0 Å². The van der Waals surface area contributed by atoms with Crippen LogP contribution in [0.15, 0.2) is 24.8 Å². The Bertz CT molecular complexity index is 916. The van der Waals surface area contributed by atoms with Crippen LogP contribution < -0.4 is 10.1 Å². The summed E-state index contributed by atoms with van der Waals surface area (Å²) in [5.74, 6) is 1.77. The number of fused-ring (bicyclic) bond motifs is 2. The van der Waals surface area contributed by atoms with Crippen LogP contribution in [0, 0.1) is 17.7 Å². The van der Waals surface area contributed by atoms with Crippen LogP contribution in [0.25, 0.3) is 0 Å². The molecule has 2 fully saturated rings. The van der Waals surface area contributed by atoms with Crippen LogP contribution in [0.2, 0.25) is 0 Å². The van der Waals surface area contributed by atoms with Gasteiger partial charge in [0.2, 0.25) is 5.91 Å². The molecule has 1 N–H and O–H groups in total. The van der Waals surface area contributed by atoms with Crippen molar-refractivity contribution < 1.29 is 28.1 Å². The number of likely N-dealkylation sites (N-methyl/N-ethyl adjacent to an activating group) is 1. The predicted octanol–water partition coefficient (Wildman–Crippen LogP) is 2.30. The molecule has 0 bridgehead atoms. The SMILES string of the molecule is C=CC(=O)NCCOCCOCCOCCN1CC[C@@H]2C[C@H](Cc3c(F)ccc4c3CCO4)CN(C)[C@H]2C1. The lowest BCUT2D eigenvalue weighted by Gasteiger charge is -2.48. The highest BCUT2D eigenvalue weighted by atomic mass is 19.1. The maximum absolute atomic E-state index is 14.7. The van der Waals surface area contributed by atoms with E-state index in [0.29, 0.717) is 70.7 Å². The van der Waals surface area contributed by atoms with Crippen LogP contribution in [0.1, 0.15) is 24.0 Å². The molecule has 2 saturated heterocycles. The van der Waals surface area contributed by atoms with Gasteiger partial charge in [-0.2, -0.15) is 0 Å². The quantitative estimate of drug-likeness (QED) is 0.274. The number of nitrogens with one attached hydrogen (secondary N) is 1. The van der Waals surface area contributed by atoms with E-state index in [1.807, 2.05) is 0 Å². The van der Waals surface area contributed by atoms with Gasteiger partial charge in [-0.25, -0.2) is 4.39 Å². The van der Waals surface area contributed by atoms with Gasteiger partial charge in [0.1, 0.15) is 11.6 Å². The summed E-state index contributed by atoms with van der Waals surface area (Å²) in [6, 6.07) is 3.92. The predicted molar refractivity (Wildman–Crippen MR) is 144 cm³/mol. The van der Waals surface area contributed by atoms with Gasteiger partial charge in [-0.15, -0.1) is 0 Å². The number of carbonyl (C=O) groups is 1. The Morgan fingerprint density at radius 2 is 1.92 bits per heavy atom. The molecular weight excluding hydrogens is 489 g/mol. The van der Waals surface area contributed by atoms with Gasteiger partial charge < -0.3 is 29.2 Å². The molecule has 3 aliphatic rings. The van der Waals surface area contributed by atoms with Crippen molar-refractivity contribution in [3.63, 3.8) is 0 Å². The maximum atomic E-state index is 14.7. The summed E-state index contributed by atoms with van der Waals surface area (Å²) in [6.07, 6.45) is 5.24. The summed E-state index contributed by atoms with van der Waals surface area (Å²) in [5.41, 5.74) is 1.98. The van der Waals surface area contributed by atoms with Crippen molar-refractivity contribution in [3.05, 3.63) is 41.7 Å². The van der Waals surface area contributed by atoms with Crippen LogP contribution in [0.4, 0.5) is 4.39 Å². The first-order chi connectivity index (χ1) is 18.5. The Morgan fingerprint density at radius 3 is 2.71 bits per heavy atom. The molecule has 9 heteroatoms. The molecule has 4 rings (SSSR count). The third-order valence-corrected chi connectivity index (χ3v) is 8.01. The van der Waals surface area contributed by atoms with Gasteiger partial charge in [0.25, 0.3) is 0 Å². The molecule has 0 aliphatic carbocycles. The number of ether oxygens (including phenoxy) is 4. The zero-order chi connectivity index (χ0) is 26.7. The highest BCUT2D eigenvalue weighted by molar-refractivity contribution is 5.86. The fourth-order valence-corrected chi connectivity index (χ4v) is 6.09. The third kappa shape index (κ3) is 8.23.